The molecule has 2 rings (SSSR count). The van der Waals surface area contributed by atoms with E-state index in [2.05, 4.69) is 24.5 Å². The molecule has 2 fully saturated rings. The predicted molar refractivity (Wildman–Crippen MR) is 87.4 cm³/mol. The fraction of sp³-hybridized carbons (Fsp3) is 0.882. The van der Waals surface area contributed by atoms with E-state index in [0.717, 1.165) is 44.8 Å². The van der Waals surface area contributed by atoms with Gasteiger partial charge in [-0.05, 0) is 50.5 Å². The summed E-state index contributed by atoms with van der Waals surface area (Å²) in [7, 11) is 0. The number of nitrogens with zero attached hydrogens (tertiary/aromatic N) is 1. The maximum atomic E-state index is 12.1. The van der Waals surface area contributed by atoms with Crippen molar-refractivity contribution < 1.29 is 9.59 Å². The molecular formula is C17H31N3O2. The summed E-state index contributed by atoms with van der Waals surface area (Å²) < 4.78 is 0. The molecule has 5 heteroatoms. The maximum Gasteiger partial charge on any atom is 0.241 e. The van der Waals surface area contributed by atoms with E-state index in [1.807, 2.05) is 4.90 Å². The average molecular weight is 309 g/mol. The second-order valence-electron chi connectivity index (χ2n) is 7.22. The van der Waals surface area contributed by atoms with Gasteiger partial charge >= 0.3 is 0 Å². The molecule has 1 aliphatic carbocycles. The summed E-state index contributed by atoms with van der Waals surface area (Å²) in [5.74, 6) is 1.46. The molecule has 1 saturated carbocycles. The Labute approximate surface area is 134 Å². The molecule has 0 unspecified atom stereocenters. The molecule has 0 aromatic carbocycles. The largest absolute Gasteiger partial charge is 0.347 e. The standard InChI is InChI=1S/C17H31N3O2/c1-13(2)3-6-16(21)19-12-17(22)20-9-7-15(8-10-20)18-11-14-4-5-14/h13-15,18H,3-12H2,1-2H3,(H,19,21). The molecule has 0 spiro atoms. The third-order valence-electron chi connectivity index (χ3n) is 4.63. The van der Waals surface area contributed by atoms with Gasteiger partial charge in [0.1, 0.15) is 0 Å². The summed E-state index contributed by atoms with van der Waals surface area (Å²) in [6.45, 7) is 7.10. The Morgan fingerprint density at radius 3 is 2.41 bits per heavy atom. The first-order valence-electron chi connectivity index (χ1n) is 8.82. The molecule has 0 bridgehead atoms. The van der Waals surface area contributed by atoms with Crippen molar-refractivity contribution in [3.63, 3.8) is 0 Å². The lowest BCUT2D eigenvalue weighted by Crippen LogP contribution is -2.48. The topological polar surface area (TPSA) is 61.4 Å². The van der Waals surface area contributed by atoms with Crippen LogP contribution in [0.4, 0.5) is 0 Å². The van der Waals surface area contributed by atoms with Gasteiger partial charge in [-0.15, -0.1) is 0 Å². The van der Waals surface area contributed by atoms with Gasteiger partial charge < -0.3 is 15.5 Å². The van der Waals surface area contributed by atoms with Crippen molar-refractivity contribution in [1.29, 1.82) is 0 Å². The molecule has 0 radical (unpaired) electrons. The third-order valence-corrected chi connectivity index (χ3v) is 4.63. The summed E-state index contributed by atoms with van der Waals surface area (Å²) in [5, 5.41) is 6.36. The van der Waals surface area contributed by atoms with E-state index in [4.69, 9.17) is 0 Å². The molecule has 1 aliphatic heterocycles. The quantitative estimate of drug-likeness (QED) is 0.715. The van der Waals surface area contributed by atoms with Gasteiger partial charge in [0.05, 0.1) is 6.54 Å². The van der Waals surface area contributed by atoms with E-state index in [1.165, 1.54) is 12.8 Å². The molecule has 22 heavy (non-hydrogen) atoms. The fourth-order valence-corrected chi connectivity index (χ4v) is 2.78. The number of likely N-dealkylation sites (tertiary alicyclic amines) is 1. The lowest BCUT2D eigenvalue weighted by Gasteiger charge is -2.32. The summed E-state index contributed by atoms with van der Waals surface area (Å²) >= 11 is 0. The Hall–Kier alpha value is -1.10. The van der Waals surface area contributed by atoms with Crippen LogP contribution in [0.2, 0.25) is 0 Å². The van der Waals surface area contributed by atoms with Gasteiger partial charge in [0.2, 0.25) is 11.8 Å². The number of hydrogen-bond acceptors (Lipinski definition) is 3. The first-order valence-corrected chi connectivity index (χ1v) is 8.82. The highest BCUT2D eigenvalue weighted by Crippen LogP contribution is 2.28. The number of nitrogens with one attached hydrogen (secondary N) is 2. The van der Waals surface area contributed by atoms with Crippen LogP contribution in [0.3, 0.4) is 0 Å². The summed E-state index contributed by atoms with van der Waals surface area (Å²) in [6.07, 6.45) is 6.19. The van der Waals surface area contributed by atoms with Crippen molar-refractivity contribution in [2.24, 2.45) is 11.8 Å². The van der Waals surface area contributed by atoms with Crippen molar-refractivity contribution >= 4 is 11.8 Å². The minimum absolute atomic E-state index is 0.0111. The molecule has 0 aromatic heterocycles. The average Bonchev–Trinajstić information content (AvgIpc) is 3.33. The van der Waals surface area contributed by atoms with Crippen LogP contribution < -0.4 is 10.6 Å². The molecule has 2 aliphatic rings. The number of carbonyl (C=O) groups is 2. The van der Waals surface area contributed by atoms with Gasteiger partial charge in [0.25, 0.3) is 0 Å². The predicted octanol–water partition coefficient (Wildman–Crippen LogP) is 1.53. The summed E-state index contributed by atoms with van der Waals surface area (Å²) in [5.41, 5.74) is 0. The number of piperidine rings is 1. The van der Waals surface area contributed by atoms with E-state index in [-0.39, 0.29) is 18.4 Å². The van der Waals surface area contributed by atoms with Crippen molar-refractivity contribution in [1.82, 2.24) is 15.5 Å². The van der Waals surface area contributed by atoms with Crippen molar-refractivity contribution in [2.75, 3.05) is 26.2 Å². The molecule has 126 valence electrons. The van der Waals surface area contributed by atoms with Crippen LogP contribution in [0.5, 0.6) is 0 Å². The number of rotatable bonds is 8. The minimum atomic E-state index is -0.0111. The Bertz CT molecular complexity index is 372. The van der Waals surface area contributed by atoms with Gasteiger partial charge in [-0.2, -0.15) is 0 Å². The van der Waals surface area contributed by atoms with E-state index >= 15 is 0 Å². The van der Waals surface area contributed by atoms with E-state index in [9.17, 15) is 9.59 Å². The fourth-order valence-electron chi connectivity index (χ4n) is 2.78. The Morgan fingerprint density at radius 2 is 1.82 bits per heavy atom. The van der Waals surface area contributed by atoms with Gasteiger partial charge in [-0.3, -0.25) is 9.59 Å². The Kier molecular flexibility index (Phi) is 6.68. The second-order valence-corrected chi connectivity index (χ2v) is 7.22. The zero-order valence-corrected chi connectivity index (χ0v) is 14.1. The van der Waals surface area contributed by atoms with Crippen LogP contribution in [0, 0.1) is 11.8 Å². The highest BCUT2D eigenvalue weighted by molar-refractivity contribution is 5.84. The minimum Gasteiger partial charge on any atom is -0.347 e. The van der Waals surface area contributed by atoms with Gasteiger partial charge in [-0.25, -0.2) is 0 Å². The molecule has 1 heterocycles. The summed E-state index contributed by atoms with van der Waals surface area (Å²) in [4.78, 5) is 25.7. The van der Waals surface area contributed by atoms with E-state index in [1.54, 1.807) is 0 Å². The van der Waals surface area contributed by atoms with Gasteiger partial charge in [0.15, 0.2) is 0 Å². The van der Waals surface area contributed by atoms with Crippen molar-refractivity contribution in [3.05, 3.63) is 0 Å². The van der Waals surface area contributed by atoms with Crippen LogP contribution >= 0.6 is 0 Å². The highest BCUT2D eigenvalue weighted by atomic mass is 16.2. The molecule has 0 aromatic rings. The maximum absolute atomic E-state index is 12.1. The molecule has 2 N–H and O–H groups in total. The zero-order chi connectivity index (χ0) is 15.9. The molecular weight excluding hydrogens is 278 g/mol. The normalized spacial score (nSPS) is 19.5. The van der Waals surface area contributed by atoms with Crippen LogP contribution in [0.1, 0.15) is 52.4 Å². The second kappa shape index (κ2) is 8.51. The third kappa shape index (κ3) is 6.34. The smallest absolute Gasteiger partial charge is 0.241 e. The van der Waals surface area contributed by atoms with Crippen LogP contribution in [-0.2, 0) is 9.59 Å². The van der Waals surface area contributed by atoms with E-state index in [0.29, 0.717) is 18.4 Å². The number of amides is 2. The molecule has 2 amide bonds. The number of carbonyl (C=O) groups excluding carboxylic acids is 2. The zero-order valence-electron chi connectivity index (χ0n) is 14.1. The lowest BCUT2D eigenvalue weighted by molar-refractivity contribution is -0.133. The Morgan fingerprint density at radius 1 is 1.14 bits per heavy atom. The van der Waals surface area contributed by atoms with Crippen LogP contribution in [-0.4, -0.2) is 48.9 Å². The molecule has 5 nitrogen and oxygen atoms in total. The first kappa shape index (κ1) is 17.3. The van der Waals surface area contributed by atoms with Crippen LogP contribution in [0.25, 0.3) is 0 Å². The monoisotopic (exact) mass is 309 g/mol. The lowest BCUT2D eigenvalue weighted by atomic mass is 10.0. The van der Waals surface area contributed by atoms with Gasteiger partial charge in [0, 0.05) is 25.6 Å². The van der Waals surface area contributed by atoms with Gasteiger partial charge in [-0.1, -0.05) is 13.8 Å². The first-order chi connectivity index (χ1) is 10.5. The highest BCUT2D eigenvalue weighted by Gasteiger charge is 2.25. The SMILES string of the molecule is CC(C)CCC(=O)NCC(=O)N1CCC(NCC2CC2)CC1. The van der Waals surface area contributed by atoms with Crippen molar-refractivity contribution in [2.45, 2.75) is 58.4 Å². The summed E-state index contributed by atoms with van der Waals surface area (Å²) in [6, 6.07) is 0.560. The Balaban J connectivity index is 1.57. The van der Waals surface area contributed by atoms with Crippen molar-refractivity contribution in [3.8, 4) is 0 Å². The van der Waals surface area contributed by atoms with Crippen LogP contribution in [0.15, 0.2) is 0 Å². The molecule has 1 saturated heterocycles. The molecule has 0 atom stereocenters. The van der Waals surface area contributed by atoms with E-state index < -0.39 is 0 Å². The number of hydrogen-bond donors (Lipinski definition) is 2.